The molecule has 28 heavy (non-hydrogen) atoms. The Labute approximate surface area is 167 Å². The van der Waals surface area contributed by atoms with Crippen LogP contribution in [0, 0.1) is 5.92 Å². The highest BCUT2D eigenvalue weighted by Crippen LogP contribution is 2.31. The molecule has 2 aliphatic heterocycles. The molecular formula is C21H33N3O4. The average Bonchev–Trinajstić information content (AvgIpc) is 2.72. The molecule has 0 atom stereocenters. The number of carboxylic acid groups (broad SMARTS) is 1. The van der Waals surface area contributed by atoms with Gasteiger partial charge in [0.05, 0.1) is 24.4 Å². The molecule has 1 spiro atoms. The number of carbonyl (C=O) groups excluding carboxylic acids is 1. The Balaban J connectivity index is 0.000000878. The summed E-state index contributed by atoms with van der Waals surface area (Å²) >= 11 is 0. The second-order valence-corrected chi connectivity index (χ2v) is 7.63. The number of likely N-dealkylation sites (tertiary alicyclic amines) is 1. The number of nitrogens with zero attached hydrogens (tertiary/aromatic N) is 3. The molecule has 7 nitrogen and oxygen atoms in total. The van der Waals surface area contributed by atoms with E-state index in [1.807, 2.05) is 23.1 Å². The number of hydrogen-bond acceptors (Lipinski definition) is 5. The summed E-state index contributed by atoms with van der Waals surface area (Å²) in [5.41, 5.74) is 0.784. The number of ether oxygens (including phenoxy) is 1. The molecule has 0 saturated carbocycles. The van der Waals surface area contributed by atoms with Crippen LogP contribution in [0.4, 0.5) is 0 Å². The lowest BCUT2D eigenvalue weighted by atomic mass is 9.88. The van der Waals surface area contributed by atoms with E-state index in [2.05, 4.69) is 23.7 Å². The zero-order chi connectivity index (χ0) is 20.4. The van der Waals surface area contributed by atoms with Crippen molar-refractivity contribution in [1.82, 2.24) is 14.8 Å². The molecule has 1 N–H and O–H groups in total. The lowest BCUT2D eigenvalue weighted by Crippen LogP contribution is -2.58. The number of pyridine rings is 1. The third-order valence-electron chi connectivity index (χ3n) is 5.85. The van der Waals surface area contributed by atoms with Gasteiger partial charge in [-0.05, 0) is 30.9 Å². The smallest absolute Gasteiger partial charge is 0.290 e. The molecule has 1 aromatic rings. The van der Waals surface area contributed by atoms with Gasteiger partial charge in [-0.25, -0.2) is 0 Å². The number of carbonyl (C=O) groups is 2. The van der Waals surface area contributed by atoms with Crippen molar-refractivity contribution in [3.63, 3.8) is 0 Å². The molecule has 1 aromatic heterocycles. The third kappa shape index (κ3) is 6.27. The Morgan fingerprint density at radius 3 is 2.54 bits per heavy atom. The first kappa shape index (κ1) is 22.3. The van der Waals surface area contributed by atoms with Crippen molar-refractivity contribution in [2.24, 2.45) is 5.92 Å². The lowest BCUT2D eigenvalue weighted by Gasteiger charge is -2.47. The van der Waals surface area contributed by atoms with Gasteiger partial charge in [0.15, 0.2) is 0 Å². The quantitative estimate of drug-likeness (QED) is 0.750. The van der Waals surface area contributed by atoms with Crippen LogP contribution in [0.2, 0.25) is 0 Å². The topological polar surface area (TPSA) is 83.0 Å². The number of piperidine rings is 1. The SMILES string of the molecule is CCC(CC)CN1CCC2(CC1)CN(Cc1ccccn1)C(=O)CO2.O=CO. The van der Waals surface area contributed by atoms with E-state index in [0.717, 1.165) is 37.5 Å². The van der Waals surface area contributed by atoms with E-state index < -0.39 is 0 Å². The Hall–Kier alpha value is -1.99. The van der Waals surface area contributed by atoms with Crippen LogP contribution in [0.25, 0.3) is 0 Å². The zero-order valence-electron chi connectivity index (χ0n) is 17.0. The van der Waals surface area contributed by atoms with Crippen molar-refractivity contribution in [1.29, 1.82) is 0 Å². The van der Waals surface area contributed by atoms with Crippen LogP contribution in [0.15, 0.2) is 24.4 Å². The molecule has 2 fully saturated rings. The first-order chi connectivity index (χ1) is 13.6. The van der Waals surface area contributed by atoms with Gasteiger partial charge in [-0.1, -0.05) is 32.8 Å². The summed E-state index contributed by atoms with van der Waals surface area (Å²) in [5.74, 6) is 0.874. The number of rotatable bonds is 6. The van der Waals surface area contributed by atoms with Gasteiger partial charge in [-0.3, -0.25) is 14.6 Å². The van der Waals surface area contributed by atoms with Crippen LogP contribution in [0.5, 0.6) is 0 Å². The molecule has 156 valence electrons. The van der Waals surface area contributed by atoms with Gasteiger partial charge >= 0.3 is 0 Å². The van der Waals surface area contributed by atoms with Crippen molar-refractivity contribution in [2.75, 3.05) is 32.8 Å². The lowest BCUT2D eigenvalue weighted by molar-refractivity contribution is -0.173. The van der Waals surface area contributed by atoms with Crippen LogP contribution in [-0.4, -0.2) is 70.7 Å². The van der Waals surface area contributed by atoms with Gasteiger partial charge in [-0.2, -0.15) is 0 Å². The van der Waals surface area contributed by atoms with E-state index in [9.17, 15) is 4.79 Å². The maximum absolute atomic E-state index is 12.3. The summed E-state index contributed by atoms with van der Waals surface area (Å²) < 4.78 is 6.05. The molecule has 3 rings (SSSR count). The molecule has 0 aliphatic carbocycles. The van der Waals surface area contributed by atoms with Crippen molar-refractivity contribution < 1.29 is 19.4 Å². The Kier molecular flexibility index (Phi) is 8.86. The minimum absolute atomic E-state index is 0.0794. The van der Waals surface area contributed by atoms with Gasteiger partial charge in [0.25, 0.3) is 6.47 Å². The van der Waals surface area contributed by atoms with Gasteiger partial charge < -0.3 is 19.6 Å². The van der Waals surface area contributed by atoms with Gasteiger partial charge in [0, 0.05) is 25.8 Å². The van der Waals surface area contributed by atoms with Crippen molar-refractivity contribution in [3.05, 3.63) is 30.1 Å². The van der Waals surface area contributed by atoms with E-state index in [1.165, 1.54) is 19.4 Å². The number of aromatic nitrogens is 1. The summed E-state index contributed by atoms with van der Waals surface area (Å²) in [6.45, 7) is 9.14. The first-order valence-electron chi connectivity index (χ1n) is 10.2. The Bertz CT molecular complexity index is 599. The van der Waals surface area contributed by atoms with Gasteiger partial charge in [-0.15, -0.1) is 0 Å². The number of amides is 1. The molecule has 3 heterocycles. The van der Waals surface area contributed by atoms with E-state index >= 15 is 0 Å². The summed E-state index contributed by atoms with van der Waals surface area (Å²) in [5, 5.41) is 6.89. The van der Waals surface area contributed by atoms with E-state index in [-0.39, 0.29) is 24.6 Å². The van der Waals surface area contributed by atoms with Crippen molar-refractivity contribution in [3.8, 4) is 0 Å². The molecule has 0 bridgehead atoms. The second kappa shape index (κ2) is 11.1. The molecule has 2 saturated heterocycles. The fraction of sp³-hybridized carbons (Fsp3) is 0.667. The standard InChI is InChI=1S/C20H31N3O2.CH2O2/c1-3-17(4-2)13-22-11-8-20(9-12-22)16-23(19(24)15-25-20)14-18-7-5-6-10-21-18;2-1-3/h5-7,10,17H,3-4,8-9,11-16H2,1-2H3;1H,(H,2,3). The fourth-order valence-corrected chi connectivity index (χ4v) is 3.98. The maximum atomic E-state index is 12.3. The van der Waals surface area contributed by atoms with Crippen molar-refractivity contribution >= 4 is 12.4 Å². The normalized spacial score (nSPS) is 19.4. The Morgan fingerprint density at radius 2 is 1.96 bits per heavy atom. The number of morpholine rings is 1. The maximum Gasteiger partial charge on any atom is 0.290 e. The highest BCUT2D eigenvalue weighted by Gasteiger charge is 2.42. The second-order valence-electron chi connectivity index (χ2n) is 7.63. The average molecular weight is 392 g/mol. The van der Waals surface area contributed by atoms with Crippen LogP contribution in [0.1, 0.15) is 45.2 Å². The molecule has 0 aromatic carbocycles. The molecular weight excluding hydrogens is 358 g/mol. The predicted octanol–water partition coefficient (Wildman–Crippen LogP) is 2.41. The minimum Gasteiger partial charge on any atom is -0.483 e. The van der Waals surface area contributed by atoms with Crippen LogP contribution in [0.3, 0.4) is 0 Å². The first-order valence-corrected chi connectivity index (χ1v) is 10.2. The highest BCUT2D eigenvalue weighted by atomic mass is 16.5. The molecule has 1 amide bonds. The van der Waals surface area contributed by atoms with E-state index in [1.54, 1.807) is 6.20 Å². The van der Waals surface area contributed by atoms with Crippen molar-refractivity contribution in [2.45, 2.75) is 51.7 Å². The minimum atomic E-state index is -0.250. The largest absolute Gasteiger partial charge is 0.483 e. The molecule has 2 aliphatic rings. The van der Waals surface area contributed by atoms with Gasteiger partial charge in [0.1, 0.15) is 6.61 Å². The summed E-state index contributed by atoms with van der Waals surface area (Å²) in [6, 6.07) is 5.86. The monoisotopic (exact) mass is 391 g/mol. The molecule has 0 radical (unpaired) electrons. The predicted molar refractivity (Wildman–Crippen MR) is 107 cm³/mol. The zero-order valence-corrected chi connectivity index (χ0v) is 17.0. The summed E-state index contributed by atoms with van der Waals surface area (Å²) in [4.78, 5) is 29.5. The van der Waals surface area contributed by atoms with E-state index in [0.29, 0.717) is 13.1 Å². The summed E-state index contributed by atoms with van der Waals surface area (Å²) in [6.07, 6.45) is 6.31. The molecule has 7 heteroatoms. The van der Waals surface area contributed by atoms with Crippen LogP contribution < -0.4 is 0 Å². The van der Waals surface area contributed by atoms with Crippen LogP contribution in [-0.2, 0) is 20.9 Å². The van der Waals surface area contributed by atoms with E-state index in [4.69, 9.17) is 14.6 Å². The summed E-state index contributed by atoms with van der Waals surface area (Å²) in [7, 11) is 0. The Morgan fingerprint density at radius 1 is 1.29 bits per heavy atom. The highest BCUT2D eigenvalue weighted by molar-refractivity contribution is 5.78. The fourth-order valence-electron chi connectivity index (χ4n) is 3.98. The van der Waals surface area contributed by atoms with Gasteiger partial charge in [0.2, 0.25) is 5.91 Å². The number of hydrogen-bond donors (Lipinski definition) is 1. The molecule has 0 unspecified atom stereocenters. The van der Waals surface area contributed by atoms with Crippen LogP contribution >= 0.6 is 0 Å². The third-order valence-corrected chi connectivity index (χ3v) is 5.85.